The van der Waals surface area contributed by atoms with Gasteiger partial charge in [-0.1, -0.05) is 6.07 Å². The Balaban J connectivity index is 1.80. The molecule has 0 aliphatic carbocycles. The number of carbonyl (C=O) groups is 1. The number of carbonyl (C=O) groups excluding carboxylic acids is 1. The summed E-state index contributed by atoms with van der Waals surface area (Å²) in [5, 5.41) is 7.22. The molecule has 0 saturated carbocycles. The van der Waals surface area contributed by atoms with E-state index in [9.17, 15) is 4.79 Å². The number of aromatic nitrogens is 3. The van der Waals surface area contributed by atoms with E-state index in [0.29, 0.717) is 11.4 Å². The summed E-state index contributed by atoms with van der Waals surface area (Å²) in [6.45, 7) is 1.78. The average Bonchev–Trinajstić information content (AvgIpc) is 2.78. The van der Waals surface area contributed by atoms with Gasteiger partial charge in [0.1, 0.15) is 11.4 Å². The fourth-order valence-corrected chi connectivity index (χ4v) is 2.91. The largest absolute Gasteiger partial charge is 0.355 e. The summed E-state index contributed by atoms with van der Waals surface area (Å²) < 4.78 is 1.80. The van der Waals surface area contributed by atoms with E-state index in [-0.39, 0.29) is 11.9 Å². The Hall–Kier alpha value is -2.41. The minimum Gasteiger partial charge on any atom is -0.355 e. The van der Waals surface area contributed by atoms with Gasteiger partial charge in [0.15, 0.2) is 5.82 Å². The molecular weight excluding hydrogens is 292 g/mol. The molecule has 7 nitrogen and oxygen atoms in total. The van der Waals surface area contributed by atoms with Crippen LogP contribution in [-0.2, 0) is 7.05 Å². The number of aryl methyl sites for hydroxylation is 1. The van der Waals surface area contributed by atoms with Crippen LogP contribution in [0.5, 0.6) is 0 Å². The molecule has 0 bridgehead atoms. The average molecular weight is 314 g/mol. The molecule has 1 amide bonds. The van der Waals surface area contributed by atoms with Gasteiger partial charge in [-0.3, -0.25) is 14.5 Å². The number of amides is 1. The van der Waals surface area contributed by atoms with Crippen molar-refractivity contribution in [1.29, 1.82) is 0 Å². The second kappa shape index (κ2) is 6.78. The van der Waals surface area contributed by atoms with E-state index < -0.39 is 0 Å². The fraction of sp³-hybridized carbons (Fsp3) is 0.438. The van der Waals surface area contributed by atoms with E-state index in [1.807, 2.05) is 7.05 Å². The maximum atomic E-state index is 12.3. The standard InChI is InChI=1S/C16H22N6O/c1-21-16(22-9-4-5-12(17)7-10-22)14(11-19-21)20-15(23)13-6-2-3-8-18-13/h2-3,6,8,11-12H,4-5,7,9-10,17H2,1H3,(H,20,23)/t12-/m1/s1. The Bertz CT molecular complexity index is 668. The lowest BCUT2D eigenvalue weighted by atomic mass is 10.1. The minimum atomic E-state index is -0.230. The van der Waals surface area contributed by atoms with Crippen LogP contribution in [0, 0.1) is 0 Å². The molecule has 0 spiro atoms. The zero-order chi connectivity index (χ0) is 16.2. The van der Waals surface area contributed by atoms with Crippen molar-refractivity contribution in [3.05, 3.63) is 36.3 Å². The number of hydrogen-bond donors (Lipinski definition) is 2. The topological polar surface area (TPSA) is 89.1 Å². The van der Waals surface area contributed by atoms with Gasteiger partial charge in [-0.25, -0.2) is 0 Å². The van der Waals surface area contributed by atoms with Gasteiger partial charge in [0.05, 0.1) is 6.20 Å². The highest BCUT2D eigenvalue weighted by molar-refractivity contribution is 6.04. The van der Waals surface area contributed by atoms with Gasteiger partial charge in [0, 0.05) is 32.4 Å². The summed E-state index contributed by atoms with van der Waals surface area (Å²) in [5.41, 5.74) is 7.15. The monoisotopic (exact) mass is 314 g/mol. The van der Waals surface area contributed by atoms with E-state index in [1.54, 1.807) is 35.3 Å². The van der Waals surface area contributed by atoms with E-state index in [4.69, 9.17) is 5.73 Å². The number of anilines is 2. The minimum absolute atomic E-state index is 0.230. The number of nitrogens with zero attached hydrogens (tertiary/aromatic N) is 4. The molecule has 3 N–H and O–H groups in total. The lowest BCUT2D eigenvalue weighted by molar-refractivity contribution is 0.102. The Kier molecular flexibility index (Phi) is 4.57. The Morgan fingerprint density at radius 2 is 2.22 bits per heavy atom. The van der Waals surface area contributed by atoms with Crippen molar-refractivity contribution in [2.75, 3.05) is 23.3 Å². The lowest BCUT2D eigenvalue weighted by Crippen LogP contribution is -2.29. The first-order valence-electron chi connectivity index (χ1n) is 7.90. The number of rotatable bonds is 3. The highest BCUT2D eigenvalue weighted by atomic mass is 16.1. The van der Waals surface area contributed by atoms with Gasteiger partial charge >= 0.3 is 0 Å². The maximum Gasteiger partial charge on any atom is 0.274 e. The van der Waals surface area contributed by atoms with Crippen molar-refractivity contribution in [3.63, 3.8) is 0 Å². The number of nitrogens with one attached hydrogen (secondary N) is 1. The molecule has 0 unspecified atom stereocenters. The molecule has 0 radical (unpaired) electrons. The molecule has 2 aromatic rings. The van der Waals surface area contributed by atoms with Gasteiger partial charge in [0.2, 0.25) is 0 Å². The highest BCUT2D eigenvalue weighted by Gasteiger charge is 2.21. The molecule has 3 heterocycles. The van der Waals surface area contributed by atoms with E-state index in [1.165, 1.54) is 0 Å². The first-order valence-corrected chi connectivity index (χ1v) is 7.90. The lowest BCUT2D eigenvalue weighted by Gasteiger charge is -2.24. The van der Waals surface area contributed by atoms with Crippen LogP contribution in [0.4, 0.5) is 11.5 Å². The molecule has 1 atom stereocenters. The van der Waals surface area contributed by atoms with Crippen LogP contribution in [0.15, 0.2) is 30.6 Å². The first-order chi connectivity index (χ1) is 11.1. The normalized spacial score (nSPS) is 18.5. The molecule has 2 aromatic heterocycles. The molecular formula is C16H22N6O. The van der Waals surface area contributed by atoms with Crippen LogP contribution in [0.25, 0.3) is 0 Å². The van der Waals surface area contributed by atoms with Crippen molar-refractivity contribution in [3.8, 4) is 0 Å². The Labute approximate surface area is 135 Å². The third-order valence-electron chi connectivity index (χ3n) is 4.13. The molecule has 1 aliphatic heterocycles. The predicted octanol–water partition coefficient (Wildman–Crippen LogP) is 1.39. The van der Waals surface area contributed by atoms with Crippen LogP contribution in [-0.4, -0.2) is 39.8 Å². The molecule has 3 rings (SSSR count). The highest BCUT2D eigenvalue weighted by Crippen LogP contribution is 2.27. The molecule has 1 fully saturated rings. The molecule has 122 valence electrons. The summed E-state index contributed by atoms with van der Waals surface area (Å²) in [6.07, 6.45) is 6.30. The molecule has 1 aliphatic rings. The quantitative estimate of drug-likeness (QED) is 0.893. The van der Waals surface area contributed by atoms with Crippen molar-refractivity contribution < 1.29 is 4.79 Å². The van der Waals surface area contributed by atoms with Crippen LogP contribution in [0.2, 0.25) is 0 Å². The summed E-state index contributed by atoms with van der Waals surface area (Å²) in [5.74, 6) is 0.690. The van der Waals surface area contributed by atoms with Crippen LogP contribution in [0.3, 0.4) is 0 Å². The van der Waals surface area contributed by atoms with Crippen molar-refractivity contribution >= 4 is 17.4 Å². The first kappa shape index (κ1) is 15.5. The van der Waals surface area contributed by atoms with Crippen LogP contribution >= 0.6 is 0 Å². The second-order valence-corrected chi connectivity index (χ2v) is 5.85. The number of pyridine rings is 1. The number of nitrogens with two attached hydrogens (primary N) is 1. The van der Waals surface area contributed by atoms with Crippen LogP contribution < -0.4 is 16.0 Å². The van der Waals surface area contributed by atoms with Crippen molar-refractivity contribution in [2.24, 2.45) is 12.8 Å². The third-order valence-corrected chi connectivity index (χ3v) is 4.13. The summed E-state index contributed by atoms with van der Waals surface area (Å²) >= 11 is 0. The maximum absolute atomic E-state index is 12.3. The second-order valence-electron chi connectivity index (χ2n) is 5.85. The zero-order valence-corrected chi connectivity index (χ0v) is 13.3. The zero-order valence-electron chi connectivity index (χ0n) is 13.3. The van der Waals surface area contributed by atoms with Gasteiger partial charge in [0.25, 0.3) is 5.91 Å². The van der Waals surface area contributed by atoms with Gasteiger partial charge < -0.3 is 16.0 Å². The summed E-state index contributed by atoms with van der Waals surface area (Å²) in [7, 11) is 1.89. The Morgan fingerprint density at radius 3 is 3.00 bits per heavy atom. The third kappa shape index (κ3) is 3.50. The molecule has 23 heavy (non-hydrogen) atoms. The van der Waals surface area contributed by atoms with Crippen molar-refractivity contribution in [2.45, 2.75) is 25.3 Å². The predicted molar refractivity (Wildman–Crippen MR) is 89.4 cm³/mol. The van der Waals surface area contributed by atoms with Gasteiger partial charge in [-0.05, 0) is 31.4 Å². The number of hydrogen-bond acceptors (Lipinski definition) is 5. The fourth-order valence-electron chi connectivity index (χ4n) is 2.91. The summed E-state index contributed by atoms with van der Waals surface area (Å²) in [6, 6.07) is 5.52. The van der Waals surface area contributed by atoms with Crippen LogP contribution in [0.1, 0.15) is 29.8 Å². The molecule has 1 saturated heterocycles. The van der Waals surface area contributed by atoms with Crippen molar-refractivity contribution in [1.82, 2.24) is 14.8 Å². The summed E-state index contributed by atoms with van der Waals surface area (Å²) in [4.78, 5) is 18.7. The SMILES string of the molecule is Cn1ncc(NC(=O)c2ccccn2)c1N1CCC[C@@H](N)CC1. The van der Waals surface area contributed by atoms with E-state index in [0.717, 1.165) is 38.2 Å². The van der Waals surface area contributed by atoms with Gasteiger partial charge in [-0.15, -0.1) is 0 Å². The molecule has 0 aromatic carbocycles. The van der Waals surface area contributed by atoms with E-state index in [2.05, 4.69) is 20.3 Å². The Morgan fingerprint density at radius 1 is 1.35 bits per heavy atom. The molecule has 7 heteroatoms. The van der Waals surface area contributed by atoms with E-state index >= 15 is 0 Å². The smallest absolute Gasteiger partial charge is 0.274 e. The van der Waals surface area contributed by atoms with Gasteiger partial charge in [-0.2, -0.15) is 5.10 Å².